The summed E-state index contributed by atoms with van der Waals surface area (Å²) in [4.78, 5) is 30.7. The minimum Gasteiger partial charge on any atom is -0.313 e. The van der Waals surface area contributed by atoms with Crippen LogP contribution >= 0.6 is 11.3 Å². The third-order valence-electron chi connectivity index (χ3n) is 6.67. The van der Waals surface area contributed by atoms with Gasteiger partial charge in [-0.3, -0.25) is 9.59 Å². The fraction of sp³-hybridized carbons (Fsp3) is 0.367. The van der Waals surface area contributed by atoms with Gasteiger partial charge in [0, 0.05) is 25.2 Å². The van der Waals surface area contributed by atoms with Gasteiger partial charge < -0.3 is 15.1 Å². The number of likely N-dealkylation sites (N-methyl/N-ethyl adjacent to an activating group) is 2. The van der Waals surface area contributed by atoms with Crippen molar-refractivity contribution in [3.05, 3.63) is 86.8 Å². The van der Waals surface area contributed by atoms with Crippen LogP contribution in [0.2, 0.25) is 0 Å². The monoisotopic (exact) mass is 533 g/mol. The van der Waals surface area contributed by atoms with E-state index >= 15 is 0 Å². The second-order valence-electron chi connectivity index (χ2n) is 9.58. The van der Waals surface area contributed by atoms with Gasteiger partial charge in [0.05, 0.1) is 11.8 Å². The standard InChI is InChI=1S/C30H39N5O2S/c1-7-35(8-2)15-14-34(6)19-25-10-9-11-26(17-25)28(36)32-30-27(23(5)20-38-30)29(37)33-31-18-24-13-12-21(3)22(4)16-24/h9-13,16-18,20H,7-8,14-15,19H2,1-6H3,(H,32,36)(H,33,37)/b31-18+. The largest absolute Gasteiger partial charge is 0.313 e. The maximum atomic E-state index is 13.1. The number of hydrogen-bond acceptors (Lipinski definition) is 6. The number of carbonyl (C=O) groups is 2. The van der Waals surface area contributed by atoms with Gasteiger partial charge in [0.1, 0.15) is 5.00 Å². The molecule has 2 N–H and O–H groups in total. The lowest BCUT2D eigenvalue weighted by molar-refractivity contribution is 0.0956. The lowest BCUT2D eigenvalue weighted by Gasteiger charge is -2.23. The molecule has 0 aliphatic rings. The maximum absolute atomic E-state index is 13.1. The van der Waals surface area contributed by atoms with E-state index in [9.17, 15) is 9.59 Å². The van der Waals surface area contributed by atoms with Crippen molar-refractivity contribution in [2.45, 2.75) is 41.2 Å². The molecule has 1 heterocycles. The zero-order valence-electron chi connectivity index (χ0n) is 23.3. The van der Waals surface area contributed by atoms with Gasteiger partial charge in [-0.05, 0) is 86.2 Å². The Hall–Kier alpha value is -3.33. The summed E-state index contributed by atoms with van der Waals surface area (Å²) in [5.41, 5.74) is 8.71. The zero-order chi connectivity index (χ0) is 27.7. The Morgan fingerprint density at radius 2 is 1.71 bits per heavy atom. The normalized spacial score (nSPS) is 11.5. The van der Waals surface area contributed by atoms with Crippen molar-refractivity contribution in [1.82, 2.24) is 15.2 Å². The third kappa shape index (κ3) is 8.08. The third-order valence-corrected chi connectivity index (χ3v) is 7.69. The Bertz CT molecular complexity index is 1280. The van der Waals surface area contributed by atoms with E-state index in [1.165, 1.54) is 16.9 Å². The number of nitrogens with one attached hydrogen (secondary N) is 2. The van der Waals surface area contributed by atoms with E-state index in [-0.39, 0.29) is 11.8 Å². The quantitative estimate of drug-likeness (QED) is 0.239. The number of hydrazone groups is 1. The molecule has 0 aliphatic carbocycles. The number of benzene rings is 2. The molecule has 3 aromatic rings. The summed E-state index contributed by atoms with van der Waals surface area (Å²) < 4.78 is 0. The number of amides is 2. The van der Waals surface area contributed by atoms with Crippen molar-refractivity contribution >= 4 is 34.4 Å². The van der Waals surface area contributed by atoms with Crippen LogP contribution in [0.15, 0.2) is 52.9 Å². The summed E-state index contributed by atoms with van der Waals surface area (Å²) in [6.07, 6.45) is 1.62. The summed E-state index contributed by atoms with van der Waals surface area (Å²) in [6.45, 7) is 15.1. The van der Waals surface area contributed by atoms with E-state index in [0.717, 1.165) is 55.0 Å². The molecule has 8 heteroatoms. The van der Waals surface area contributed by atoms with Gasteiger partial charge in [0.15, 0.2) is 0 Å². The number of rotatable bonds is 12. The van der Waals surface area contributed by atoms with Gasteiger partial charge in [-0.1, -0.05) is 44.2 Å². The highest BCUT2D eigenvalue weighted by atomic mass is 32.1. The molecular formula is C30H39N5O2S. The van der Waals surface area contributed by atoms with Crippen molar-refractivity contribution < 1.29 is 9.59 Å². The molecule has 0 radical (unpaired) electrons. The number of anilines is 1. The molecule has 38 heavy (non-hydrogen) atoms. The van der Waals surface area contributed by atoms with Crippen molar-refractivity contribution in [1.29, 1.82) is 0 Å². The van der Waals surface area contributed by atoms with Crippen LogP contribution in [0.5, 0.6) is 0 Å². The Kier molecular flexibility index (Phi) is 10.8. The molecule has 2 aromatic carbocycles. The number of thiophene rings is 1. The molecule has 2 amide bonds. The van der Waals surface area contributed by atoms with Gasteiger partial charge >= 0.3 is 0 Å². The predicted octanol–water partition coefficient (Wildman–Crippen LogP) is 5.46. The molecular weight excluding hydrogens is 494 g/mol. The van der Waals surface area contributed by atoms with Crippen molar-refractivity contribution in [2.24, 2.45) is 5.10 Å². The van der Waals surface area contributed by atoms with Crippen LogP contribution < -0.4 is 10.7 Å². The number of hydrogen-bond donors (Lipinski definition) is 2. The zero-order valence-corrected chi connectivity index (χ0v) is 24.1. The van der Waals surface area contributed by atoms with Crippen LogP contribution in [0, 0.1) is 20.8 Å². The Balaban J connectivity index is 1.63. The lowest BCUT2D eigenvalue weighted by atomic mass is 10.1. The van der Waals surface area contributed by atoms with Crippen LogP contribution in [0.25, 0.3) is 0 Å². The first-order valence-electron chi connectivity index (χ1n) is 13.0. The highest BCUT2D eigenvalue weighted by molar-refractivity contribution is 7.15. The molecule has 0 saturated carbocycles. The minimum atomic E-state index is -0.359. The van der Waals surface area contributed by atoms with Crippen LogP contribution in [0.3, 0.4) is 0 Å². The van der Waals surface area contributed by atoms with E-state index in [2.05, 4.69) is 53.5 Å². The van der Waals surface area contributed by atoms with Gasteiger partial charge in [0.25, 0.3) is 11.8 Å². The molecule has 0 unspecified atom stereocenters. The summed E-state index contributed by atoms with van der Waals surface area (Å²) in [5.74, 6) is -0.602. The topological polar surface area (TPSA) is 77.0 Å². The second kappa shape index (κ2) is 14.0. The predicted molar refractivity (Wildman–Crippen MR) is 159 cm³/mol. The second-order valence-corrected chi connectivity index (χ2v) is 10.5. The van der Waals surface area contributed by atoms with E-state index in [0.29, 0.717) is 16.1 Å². The van der Waals surface area contributed by atoms with E-state index in [4.69, 9.17) is 0 Å². The van der Waals surface area contributed by atoms with Gasteiger partial charge in [0.2, 0.25) is 0 Å². The number of nitrogens with zero attached hydrogens (tertiary/aromatic N) is 3. The average Bonchev–Trinajstić information content (AvgIpc) is 3.26. The Morgan fingerprint density at radius 3 is 2.42 bits per heavy atom. The molecule has 0 saturated heterocycles. The summed E-state index contributed by atoms with van der Waals surface area (Å²) in [6, 6.07) is 13.6. The molecule has 7 nitrogen and oxygen atoms in total. The number of carbonyl (C=O) groups excluding carboxylic acids is 2. The average molecular weight is 534 g/mol. The smallest absolute Gasteiger partial charge is 0.274 e. The van der Waals surface area contributed by atoms with E-state index < -0.39 is 0 Å². The highest BCUT2D eigenvalue weighted by Gasteiger charge is 2.19. The molecule has 0 fully saturated rings. The maximum Gasteiger partial charge on any atom is 0.274 e. The van der Waals surface area contributed by atoms with Crippen LogP contribution in [-0.4, -0.2) is 61.1 Å². The summed E-state index contributed by atoms with van der Waals surface area (Å²) in [5, 5.41) is 9.42. The van der Waals surface area contributed by atoms with Crippen molar-refractivity contribution in [3.8, 4) is 0 Å². The Labute approximate surface area is 230 Å². The molecule has 3 rings (SSSR count). The minimum absolute atomic E-state index is 0.243. The van der Waals surface area contributed by atoms with Gasteiger partial charge in [-0.25, -0.2) is 5.43 Å². The summed E-state index contributed by atoms with van der Waals surface area (Å²) >= 11 is 1.33. The fourth-order valence-electron chi connectivity index (χ4n) is 4.11. The SMILES string of the molecule is CCN(CC)CCN(C)Cc1cccc(C(=O)Nc2scc(C)c2C(=O)N/N=C/c2ccc(C)c(C)c2)c1. The van der Waals surface area contributed by atoms with E-state index in [1.807, 2.05) is 55.6 Å². The lowest BCUT2D eigenvalue weighted by Crippen LogP contribution is -2.32. The van der Waals surface area contributed by atoms with Crippen molar-refractivity contribution in [2.75, 3.05) is 38.5 Å². The molecule has 0 spiro atoms. The molecule has 0 bridgehead atoms. The van der Waals surface area contributed by atoms with Gasteiger partial charge in [-0.2, -0.15) is 5.10 Å². The molecule has 202 valence electrons. The Morgan fingerprint density at radius 1 is 0.947 bits per heavy atom. The van der Waals surface area contributed by atoms with Gasteiger partial charge in [-0.15, -0.1) is 11.3 Å². The fourth-order valence-corrected chi connectivity index (χ4v) is 5.05. The first kappa shape index (κ1) is 29.2. The highest BCUT2D eigenvalue weighted by Crippen LogP contribution is 2.28. The molecule has 0 atom stereocenters. The van der Waals surface area contributed by atoms with Crippen LogP contribution in [0.1, 0.15) is 62.4 Å². The van der Waals surface area contributed by atoms with Crippen LogP contribution in [-0.2, 0) is 6.54 Å². The molecule has 1 aromatic heterocycles. The van der Waals surface area contributed by atoms with Crippen molar-refractivity contribution in [3.63, 3.8) is 0 Å². The first-order chi connectivity index (χ1) is 18.2. The molecule has 0 aliphatic heterocycles. The number of aryl methyl sites for hydroxylation is 3. The summed E-state index contributed by atoms with van der Waals surface area (Å²) in [7, 11) is 2.10. The van der Waals surface area contributed by atoms with Crippen LogP contribution in [0.4, 0.5) is 5.00 Å². The first-order valence-corrected chi connectivity index (χ1v) is 13.9. The van der Waals surface area contributed by atoms with E-state index in [1.54, 1.807) is 12.3 Å².